The number of halogens is 4. The highest BCUT2D eigenvalue weighted by Crippen LogP contribution is 2.37. The molecule has 0 aromatic heterocycles. The Balaban J connectivity index is 2.61. The Labute approximate surface area is 314 Å². The van der Waals surface area contributed by atoms with Gasteiger partial charge in [0.15, 0.2) is 11.3 Å². The number of hydroxylamine groups is 1. The lowest BCUT2D eigenvalue weighted by Crippen LogP contribution is -2.67. The van der Waals surface area contributed by atoms with Gasteiger partial charge in [-0.2, -0.15) is 24.9 Å². The number of thioether (sulfide) groups is 1. The summed E-state index contributed by atoms with van der Waals surface area (Å²) in [7, 11) is -5.58. The second-order valence-corrected chi connectivity index (χ2v) is 16.2. The summed E-state index contributed by atoms with van der Waals surface area (Å²) in [6.07, 6.45) is -3.74. The third kappa shape index (κ3) is 11.3. The summed E-state index contributed by atoms with van der Waals surface area (Å²) < 4.78 is 67.4. The molecule has 9 N–H and O–H groups in total. The van der Waals surface area contributed by atoms with E-state index >= 15 is 0 Å². The standard InChI is InChI=1S/C31H45ClF3N7O9S2/c1-16(2)14-22(27(46)39-21(11-13-52-4)28(47)41-12-5-6-23(41)26(38)45)40-29(48)30(3,25(44)20(36)9-10-24(37)43)42(49)53(50,51)17-7-8-19(32)18(15-17)31(33,34)35/h7-8,15-16,20-23,49H,5-6,9-14,36H2,1-4H3,(H2,37,43)(H2,38,45)(H,39,46)(H,40,48)/t20-,21-,22-,23-,30+/m0/s1. The minimum Gasteiger partial charge on any atom is -0.370 e. The number of amides is 5. The molecule has 1 saturated heterocycles. The zero-order valence-electron chi connectivity index (χ0n) is 29.4. The molecule has 1 heterocycles. The van der Waals surface area contributed by atoms with Gasteiger partial charge >= 0.3 is 6.18 Å². The van der Waals surface area contributed by atoms with Gasteiger partial charge in [0.1, 0.15) is 18.1 Å². The molecule has 0 bridgehead atoms. The Morgan fingerprint density at radius 2 is 1.72 bits per heavy atom. The number of primary amides is 2. The molecule has 16 nitrogen and oxygen atoms in total. The van der Waals surface area contributed by atoms with E-state index in [4.69, 9.17) is 28.8 Å². The van der Waals surface area contributed by atoms with E-state index in [1.807, 2.05) is 0 Å². The Morgan fingerprint density at radius 1 is 1.09 bits per heavy atom. The summed E-state index contributed by atoms with van der Waals surface area (Å²) in [5.41, 5.74) is 11.7. The van der Waals surface area contributed by atoms with Crippen molar-refractivity contribution in [3.8, 4) is 0 Å². The largest absolute Gasteiger partial charge is 0.417 e. The number of sulfonamides is 1. The van der Waals surface area contributed by atoms with Gasteiger partial charge in [0.2, 0.25) is 23.6 Å². The molecular weight excluding hydrogens is 771 g/mol. The van der Waals surface area contributed by atoms with Gasteiger partial charge in [0.05, 0.1) is 21.5 Å². The van der Waals surface area contributed by atoms with Crippen molar-refractivity contribution in [3.05, 3.63) is 28.8 Å². The first-order valence-corrected chi connectivity index (χ1v) is 19.5. The number of nitrogens with one attached hydrogen (secondary N) is 2. The van der Waals surface area contributed by atoms with Crippen molar-refractivity contribution in [2.75, 3.05) is 18.6 Å². The lowest BCUT2D eigenvalue weighted by atomic mass is 9.88. The number of rotatable bonds is 19. The number of nitrogens with zero attached hydrogens (tertiary/aromatic N) is 2. The van der Waals surface area contributed by atoms with Gasteiger partial charge in [0, 0.05) is 13.0 Å². The van der Waals surface area contributed by atoms with Crippen molar-refractivity contribution in [1.29, 1.82) is 0 Å². The molecule has 0 unspecified atom stereocenters. The van der Waals surface area contributed by atoms with Crippen LogP contribution in [0, 0.1) is 5.92 Å². The molecule has 0 aliphatic carbocycles. The van der Waals surface area contributed by atoms with Crippen LogP contribution in [0.25, 0.3) is 0 Å². The SMILES string of the molecule is CSCC[C@H](NC(=O)[C@H](CC(C)C)NC(=O)[C@@](C)(C(=O)[C@@H](N)CCC(N)=O)N(O)S(=O)(=O)c1ccc(Cl)c(C(F)(F)F)c1)C(=O)N1CCC[C@H]1C(N)=O. The van der Waals surface area contributed by atoms with E-state index in [1.165, 1.54) is 16.7 Å². The minimum atomic E-state index is -5.58. The van der Waals surface area contributed by atoms with Crippen LogP contribution in [0.4, 0.5) is 13.2 Å². The van der Waals surface area contributed by atoms with Crippen LogP contribution in [-0.2, 0) is 45.0 Å². The van der Waals surface area contributed by atoms with E-state index in [2.05, 4.69) is 10.6 Å². The highest BCUT2D eigenvalue weighted by atomic mass is 35.5. The maximum absolute atomic E-state index is 14.1. The monoisotopic (exact) mass is 815 g/mol. The van der Waals surface area contributed by atoms with Crippen molar-refractivity contribution in [2.24, 2.45) is 23.1 Å². The number of Topliss-reactive ketones (excluding diaryl/α,β-unsaturated/α-hetero) is 1. The smallest absolute Gasteiger partial charge is 0.370 e. The van der Waals surface area contributed by atoms with Crippen LogP contribution >= 0.6 is 23.4 Å². The van der Waals surface area contributed by atoms with Crippen LogP contribution in [0.15, 0.2) is 23.1 Å². The van der Waals surface area contributed by atoms with Gasteiger partial charge in [-0.3, -0.25) is 34.0 Å². The number of hydrogen-bond acceptors (Lipinski definition) is 11. The molecule has 5 atom stereocenters. The van der Waals surface area contributed by atoms with Crippen LogP contribution in [0.3, 0.4) is 0 Å². The number of carbonyl (C=O) groups is 6. The Hall–Kier alpha value is -3.50. The summed E-state index contributed by atoms with van der Waals surface area (Å²) in [6.45, 7) is 4.10. The van der Waals surface area contributed by atoms with E-state index in [-0.39, 0.29) is 31.4 Å². The highest BCUT2D eigenvalue weighted by Gasteiger charge is 2.54. The quantitative estimate of drug-likeness (QED) is 0.0844. The molecule has 1 aromatic rings. The van der Waals surface area contributed by atoms with Crippen LogP contribution in [0.5, 0.6) is 0 Å². The van der Waals surface area contributed by atoms with Gasteiger partial charge in [0.25, 0.3) is 15.9 Å². The van der Waals surface area contributed by atoms with Gasteiger partial charge in [-0.25, -0.2) is 8.42 Å². The second kappa shape index (κ2) is 18.7. The Kier molecular flexibility index (Phi) is 16.1. The molecule has 0 saturated carbocycles. The molecule has 5 amide bonds. The van der Waals surface area contributed by atoms with Crippen molar-refractivity contribution < 1.29 is 55.6 Å². The van der Waals surface area contributed by atoms with Gasteiger partial charge in [-0.15, -0.1) is 0 Å². The fraction of sp³-hybridized carbons (Fsp3) is 0.613. The third-order valence-electron chi connectivity index (χ3n) is 8.53. The van der Waals surface area contributed by atoms with E-state index in [9.17, 15) is 55.6 Å². The normalized spacial score (nSPS) is 17.9. The third-order valence-corrected chi connectivity index (χ3v) is 11.2. The number of hydrogen-bond donors (Lipinski definition) is 6. The van der Waals surface area contributed by atoms with Gasteiger partial charge < -0.3 is 32.7 Å². The first kappa shape index (κ1) is 45.7. The van der Waals surface area contributed by atoms with Crippen LogP contribution in [0.1, 0.15) is 64.9 Å². The summed E-state index contributed by atoms with van der Waals surface area (Å²) in [4.78, 5) is 78.7. The molecule has 1 aromatic carbocycles. The molecular formula is C31H45ClF3N7O9S2. The second-order valence-electron chi connectivity index (χ2n) is 13.0. The van der Waals surface area contributed by atoms with Crippen LogP contribution in [0.2, 0.25) is 5.02 Å². The lowest BCUT2D eigenvalue weighted by Gasteiger charge is -2.36. The van der Waals surface area contributed by atoms with E-state index in [1.54, 1.807) is 20.1 Å². The van der Waals surface area contributed by atoms with Crippen molar-refractivity contribution in [1.82, 2.24) is 20.0 Å². The number of likely N-dealkylation sites (tertiary alicyclic amines) is 1. The molecule has 53 heavy (non-hydrogen) atoms. The average Bonchev–Trinajstić information content (AvgIpc) is 3.57. The molecule has 0 radical (unpaired) electrons. The lowest BCUT2D eigenvalue weighted by molar-refractivity contribution is -0.161. The topological polar surface area (TPSA) is 265 Å². The molecule has 1 aliphatic heterocycles. The first-order valence-electron chi connectivity index (χ1n) is 16.3. The maximum atomic E-state index is 14.1. The molecule has 1 fully saturated rings. The summed E-state index contributed by atoms with van der Waals surface area (Å²) in [6, 6.07) is -4.30. The van der Waals surface area contributed by atoms with Crippen molar-refractivity contribution in [2.45, 2.75) is 100 Å². The average molecular weight is 816 g/mol. The van der Waals surface area contributed by atoms with Crippen molar-refractivity contribution in [3.63, 3.8) is 0 Å². The fourth-order valence-electron chi connectivity index (χ4n) is 5.60. The summed E-state index contributed by atoms with van der Waals surface area (Å²) >= 11 is 6.98. The molecule has 1 aliphatic rings. The number of benzene rings is 1. The first-order chi connectivity index (χ1) is 24.4. The van der Waals surface area contributed by atoms with E-state index in [0.29, 0.717) is 37.7 Å². The predicted molar refractivity (Wildman–Crippen MR) is 187 cm³/mol. The predicted octanol–water partition coefficient (Wildman–Crippen LogP) is 0.904. The highest BCUT2D eigenvalue weighted by molar-refractivity contribution is 7.98. The number of ketones is 1. The number of alkyl halides is 3. The molecule has 0 spiro atoms. The summed E-state index contributed by atoms with van der Waals surface area (Å²) in [5, 5.41) is 15.1. The van der Waals surface area contributed by atoms with E-state index in [0.717, 1.165) is 0 Å². The Morgan fingerprint density at radius 3 is 2.25 bits per heavy atom. The number of nitrogens with two attached hydrogens (primary N) is 3. The summed E-state index contributed by atoms with van der Waals surface area (Å²) in [5.74, 6) is -6.38. The zero-order chi connectivity index (χ0) is 40.6. The van der Waals surface area contributed by atoms with Gasteiger partial charge in [-0.05, 0) is 75.2 Å². The fourth-order valence-corrected chi connectivity index (χ4v) is 7.65. The molecule has 2 rings (SSSR count). The van der Waals surface area contributed by atoms with Gasteiger partial charge in [-0.1, -0.05) is 29.9 Å². The Bertz CT molecular complexity index is 1670. The molecule has 298 valence electrons. The number of carbonyl (C=O) groups excluding carboxylic acids is 6. The minimum absolute atomic E-state index is 0.0839. The van der Waals surface area contributed by atoms with Crippen molar-refractivity contribution >= 4 is 68.7 Å². The maximum Gasteiger partial charge on any atom is 0.417 e. The zero-order valence-corrected chi connectivity index (χ0v) is 31.8. The molecule has 22 heteroatoms. The van der Waals surface area contributed by atoms with Crippen LogP contribution in [-0.4, -0.2) is 107 Å². The van der Waals surface area contributed by atoms with E-state index < -0.39 is 114 Å². The van der Waals surface area contributed by atoms with Crippen LogP contribution < -0.4 is 27.8 Å².